The molecule has 1 N–H and O–H groups in total. The number of rotatable bonds is 10. The Bertz CT molecular complexity index is 1500. The molecular formula is C26H33N3O6Si. The third-order valence-corrected chi connectivity index (χ3v) is 8.18. The van der Waals surface area contributed by atoms with Crippen molar-refractivity contribution in [2.45, 2.75) is 51.8 Å². The second kappa shape index (κ2) is 9.94. The number of carboxylic acids is 1. The van der Waals surface area contributed by atoms with E-state index >= 15 is 0 Å². The molecule has 0 aliphatic carbocycles. The Morgan fingerprint density at radius 1 is 1.08 bits per heavy atom. The summed E-state index contributed by atoms with van der Waals surface area (Å²) in [5.41, 5.74) is 0.753. The van der Waals surface area contributed by atoms with Crippen molar-refractivity contribution in [1.82, 2.24) is 14.1 Å². The number of hydrogen-bond acceptors (Lipinski definition) is 6. The summed E-state index contributed by atoms with van der Waals surface area (Å²) < 4.78 is 20.1. The second-order valence-corrected chi connectivity index (χ2v) is 15.7. The number of carboxylic acid groups (broad SMARTS) is 1. The molecule has 4 rings (SSSR count). The molecule has 192 valence electrons. The van der Waals surface area contributed by atoms with Gasteiger partial charge in [-0.15, -0.1) is 0 Å². The molecule has 0 radical (unpaired) electrons. The van der Waals surface area contributed by atoms with E-state index in [1.165, 1.54) is 18.8 Å². The van der Waals surface area contributed by atoms with E-state index in [1.807, 2.05) is 16.8 Å². The smallest absolute Gasteiger partial charge is 0.326 e. The number of hydrogen-bond donors (Lipinski definition) is 1. The van der Waals surface area contributed by atoms with Gasteiger partial charge >= 0.3 is 5.97 Å². The maximum absolute atomic E-state index is 13.8. The van der Waals surface area contributed by atoms with Gasteiger partial charge in [-0.1, -0.05) is 26.6 Å². The van der Waals surface area contributed by atoms with Gasteiger partial charge in [0.15, 0.2) is 11.5 Å². The zero-order valence-electron chi connectivity index (χ0n) is 21.6. The summed E-state index contributed by atoms with van der Waals surface area (Å²) in [6.45, 7) is 9.65. The van der Waals surface area contributed by atoms with Crippen LogP contribution in [0.2, 0.25) is 25.7 Å². The highest BCUT2D eigenvalue weighted by atomic mass is 28.3. The van der Waals surface area contributed by atoms with Crippen LogP contribution in [0.3, 0.4) is 0 Å². The monoisotopic (exact) mass is 511 g/mol. The topological polar surface area (TPSA) is 105 Å². The summed E-state index contributed by atoms with van der Waals surface area (Å²) in [5.74, 6) is -0.200. The number of pyridine rings is 2. The number of carbonyl (C=O) groups is 1. The van der Waals surface area contributed by atoms with Gasteiger partial charge in [0, 0.05) is 43.2 Å². The van der Waals surface area contributed by atoms with Gasteiger partial charge in [-0.25, -0.2) is 9.78 Å². The summed E-state index contributed by atoms with van der Waals surface area (Å²) in [4.78, 5) is 30.8. The summed E-state index contributed by atoms with van der Waals surface area (Å²) in [7, 11) is 1.81. The van der Waals surface area contributed by atoms with Crippen molar-refractivity contribution < 1.29 is 24.1 Å². The molecule has 0 fully saturated rings. The van der Waals surface area contributed by atoms with E-state index in [9.17, 15) is 14.7 Å². The Balaban J connectivity index is 1.99. The van der Waals surface area contributed by atoms with Gasteiger partial charge in [0.2, 0.25) is 0 Å². The fraction of sp³-hybridized carbons (Fsp3) is 0.423. The molecule has 1 aromatic carbocycles. The number of fused-ring (bicyclic) bond motifs is 5. The molecule has 0 saturated carbocycles. The van der Waals surface area contributed by atoms with Crippen molar-refractivity contribution in [3.05, 3.63) is 40.9 Å². The van der Waals surface area contributed by atoms with Crippen molar-refractivity contribution in [2.75, 3.05) is 20.8 Å². The highest BCUT2D eigenvalue weighted by molar-refractivity contribution is 6.76. The third kappa shape index (κ3) is 4.58. The molecule has 0 aliphatic heterocycles. The van der Waals surface area contributed by atoms with Gasteiger partial charge in [-0.05, 0) is 30.7 Å². The number of aromatic nitrogens is 3. The van der Waals surface area contributed by atoms with Crippen LogP contribution in [0.4, 0.5) is 0 Å². The third-order valence-electron chi connectivity index (χ3n) is 6.47. The van der Waals surface area contributed by atoms with Crippen molar-refractivity contribution in [1.29, 1.82) is 0 Å². The maximum Gasteiger partial charge on any atom is 0.326 e. The minimum absolute atomic E-state index is 0.244. The van der Waals surface area contributed by atoms with Crippen LogP contribution >= 0.6 is 0 Å². The largest absolute Gasteiger partial charge is 0.493 e. The van der Waals surface area contributed by atoms with E-state index in [-0.39, 0.29) is 6.42 Å². The molecule has 1 atom stereocenters. The quantitative estimate of drug-likeness (QED) is 0.184. The molecule has 0 bridgehead atoms. The van der Waals surface area contributed by atoms with Crippen molar-refractivity contribution in [2.24, 2.45) is 0 Å². The minimum atomic E-state index is -1.21. The van der Waals surface area contributed by atoms with Crippen molar-refractivity contribution in [3.8, 4) is 11.5 Å². The SMILES string of the molecule is CC[C@H](C(=O)O)n1c(=O)c2cc(OC)c(OC)cc2c2cnc3c(ccn3COCC[Si](C)(C)C)c21. The van der Waals surface area contributed by atoms with Gasteiger partial charge in [-0.2, -0.15) is 0 Å². The number of aliphatic carboxylic acids is 1. The average molecular weight is 512 g/mol. The molecule has 3 aromatic heterocycles. The highest BCUT2D eigenvalue weighted by Crippen LogP contribution is 2.37. The predicted molar refractivity (Wildman–Crippen MR) is 143 cm³/mol. The molecule has 9 nitrogen and oxygen atoms in total. The summed E-state index contributed by atoms with van der Waals surface area (Å²) in [6.07, 6.45) is 3.80. The van der Waals surface area contributed by atoms with Crippen LogP contribution < -0.4 is 15.0 Å². The first kappa shape index (κ1) is 25.7. The highest BCUT2D eigenvalue weighted by Gasteiger charge is 2.26. The van der Waals surface area contributed by atoms with Crippen LogP contribution in [0.1, 0.15) is 19.4 Å². The Labute approximate surface area is 210 Å². The standard InChI is InChI=1S/C26H33N3O6Si/c1-7-20(26(31)32)29-23-16-8-9-28(15-35-10-11-36(4,5)6)24(16)27-14-19(23)17-12-21(33-2)22(34-3)13-18(17)25(29)30/h8-9,12-14,20H,7,10-11,15H2,1-6H3,(H,31,32)/t20-/m1/s1. The van der Waals surface area contributed by atoms with Gasteiger partial charge in [0.05, 0.1) is 25.1 Å². The molecule has 0 unspecified atom stereocenters. The van der Waals surface area contributed by atoms with Gasteiger partial charge in [0.1, 0.15) is 18.4 Å². The lowest BCUT2D eigenvalue weighted by Crippen LogP contribution is -2.30. The van der Waals surface area contributed by atoms with E-state index in [4.69, 9.17) is 19.2 Å². The molecular weight excluding hydrogens is 478 g/mol. The van der Waals surface area contributed by atoms with Gasteiger partial charge < -0.3 is 23.9 Å². The molecule has 0 aliphatic rings. The molecule has 0 saturated heterocycles. The van der Waals surface area contributed by atoms with E-state index in [0.717, 1.165) is 6.04 Å². The molecule has 36 heavy (non-hydrogen) atoms. The van der Waals surface area contributed by atoms with Crippen LogP contribution in [0.15, 0.2) is 35.4 Å². The predicted octanol–water partition coefficient (Wildman–Crippen LogP) is 4.87. The van der Waals surface area contributed by atoms with Gasteiger partial charge in [-0.3, -0.25) is 9.36 Å². The van der Waals surface area contributed by atoms with Crippen LogP contribution in [0, 0.1) is 0 Å². The molecule has 10 heteroatoms. The van der Waals surface area contributed by atoms with Crippen LogP contribution in [-0.4, -0.2) is 54.1 Å². The lowest BCUT2D eigenvalue weighted by Gasteiger charge is -2.20. The average Bonchev–Trinajstić information content (AvgIpc) is 3.25. The number of methoxy groups -OCH3 is 2. The maximum atomic E-state index is 13.8. The fourth-order valence-electron chi connectivity index (χ4n) is 4.50. The first-order valence-corrected chi connectivity index (χ1v) is 15.7. The molecule has 0 spiro atoms. The van der Waals surface area contributed by atoms with Crippen LogP contribution in [-0.2, 0) is 16.3 Å². The van der Waals surface area contributed by atoms with E-state index in [1.54, 1.807) is 25.3 Å². The molecule has 0 amide bonds. The molecule has 3 heterocycles. The first-order valence-electron chi connectivity index (χ1n) is 12.0. The normalized spacial score (nSPS) is 12.9. The van der Waals surface area contributed by atoms with E-state index < -0.39 is 25.6 Å². The Hall–Kier alpha value is -3.37. The Kier molecular flexibility index (Phi) is 7.10. The summed E-state index contributed by atoms with van der Waals surface area (Å²) in [6, 6.07) is 5.22. The van der Waals surface area contributed by atoms with Crippen molar-refractivity contribution in [3.63, 3.8) is 0 Å². The first-order chi connectivity index (χ1) is 17.1. The Morgan fingerprint density at radius 2 is 1.75 bits per heavy atom. The fourth-order valence-corrected chi connectivity index (χ4v) is 5.26. The Morgan fingerprint density at radius 3 is 2.33 bits per heavy atom. The van der Waals surface area contributed by atoms with Gasteiger partial charge in [0.25, 0.3) is 5.56 Å². The van der Waals surface area contributed by atoms with E-state index in [2.05, 4.69) is 19.6 Å². The minimum Gasteiger partial charge on any atom is -0.493 e. The number of benzene rings is 1. The van der Waals surface area contributed by atoms with Crippen molar-refractivity contribution >= 4 is 46.8 Å². The lowest BCUT2D eigenvalue weighted by molar-refractivity contribution is -0.140. The van der Waals surface area contributed by atoms with Crippen LogP contribution in [0.25, 0.3) is 32.7 Å². The second-order valence-electron chi connectivity index (χ2n) is 10.1. The summed E-state index contributed by atoms with van der Waals surface area (Å²) in [5, 5.41) is 12.3. The number of ether oxygens (including phenoxy) is 3. The number of nitrogens with zero attached hydrogens (tertiary/aromatic N) is 3. The van der Waals surface area contributed by atoms with Crippen LogP contribution in [0.5, 0.6) is 11.5 Å². The van der Waals surface area contributed by atoms with E-state index in [0.29, 0.717) is 57.5 Å². The zero-order chi connectivity index (χ0) is 26.2. The molecule has 4 aromatic rings. The zero-order valence-corrected chi connectivity index (χ0v) is 22.6. The lowest BCUT2D eigenvalue weighted by atomic mass is 10.0. The summed E-state index contributed by atoms with van der Waals surface area (Å²) >= 11 is 0.